The fourth-order valence-electron chi connectivity index (χ4n) is 2.26. The molecule has 0 atom stereocenters. The average Bonchev–Trinajstić information content (AvgIpc) is 2.73. The van der Waals surface area contributed by atoms with Crippen molar-refractivity contribution in [3.8, 4) is 0 Å². The molecule has 2 amide bonds. The van der Waals surface area contributed by atoms with E-state index in [9.17, 15) is 9.59 Å². The van der Waals surface area contributed by atoms with E-state index in [2.05, 4.69) is 4.98 Å². The monoisotopic (exact) mass is 282 g/mol. The first-order chi connectivity index (χ1) is 10.2. The molecule has 0 saturated carbocycles. The van der Waals surface area contributed by atoms with Crippen LogP contribution in [0.3, 0.4) is 0 Å². The zero-order chi connectivity index (χ0) is 14.8. The standard InChI is InChI=1S/C16H14N2O3/c1-11-5-4-6-12(17-11)9-10-21-18-15(19)13-7-2-3-8-14(13)16(18)20/h2-8H,9-10H2,1H3. The molecular formula is C16H14N2O3. The van der Waals surface area contributed by atoms with E-state index in [-0.39, 0.29) is 6.61 Å². The van der Waals surface area contributed by atoms with Gasteiger partial charge in [-0.1, -0.05) is 18.2 Å². The molecule has 1 aliphatic heterocycles. The van der Waals surface area contributed by atoms with Gasteiger partial charge < -0.3 is 0 Å². The number of fused-ring (bicyclic) bond motifs is 1. The molecule has 106 valence electrons. The van der Waals surface area contributed by atoms with Gasteiger partial charge >= 0.3 is 0 Å². The van der Waals surface area contributed by atoms with Gasteiger partial charge in [-0.15, -0.1) is 5.06 Å². The van der Waals surface area contributed by atoms with Gasteiger partial charge in [0.05, 0.1) is 17.7 Å². The maximum Gasteiger partial charge on any atom is 0.285 e. The quantitative estimate of drug-likeness (QED) is 0.806. The minimum Gasteiger partial charge on any atom is -0.266 e. The summed E-state index contributed by atoms with van der Waals surface area (Å²) in [6.07, 6.45) is 0.537. The first kappa shape index (κ1) is 13.5. The van der Waals surface area contributed by atoms with Crippen LogP contribution in [0.4, 0.5) is 0 Å². The molecule has 1 aromatic heterocycles. The zero-order valence-electron chi connectivity index (χ0n) is 11.6. The molecule has 0 unspecified atom stereocenters. The molecule has 0 aliphatic carbocycles. The number of hydroxylamine groups is 2. The molecule has 0 radical (unpaired) electrons. The minimum atomic E-state index is -0.409. The number of aryl methyl sites for hydroxylation is 1. The maximum absolute atomic E-state index is 12.1. The Balaban J connectivity index is 1.65. The summed E-state index contributed by atoms with van der Waals surface area (Å²) in [5.41, 5.74) is 2.56. The van der Waals surface area contributed by atoms with E-state index >= 15 is 0 Å². The van der Waals surface area contributed by atoms with E-state index < -0.39 is 11.8 Å². The smallest absolute Gasteiger partial charge is 0.266 e. The van der Waals surface area contributed by atoms with Crippen molar-refractivity contribution in [1.82, 2.24) is 10.0 Å². The van der Waals surface area contributed by atoms with Crippen molar-refractivity contribution in [3.63, 3.8) is 0 Å². The molecule has 0 bridgehead atoms. The van der Waals surface area contributed by atoms with Crippen molar-refractivity contribution in [3.05, 3.63) is 65.0 Å². The highest BCUT2D eigenvalue weighted by Gasteiger charge is 2.36. The Bertz CT molecular complexity index is 677. The number of carbonyl (C=O) groups excluding carboxylic acids is 2. The van der Waals surface area contributed by atoms with Crippen LogP contribution in [-0.4, -0.2) is 28.5 Å². The third kappa shape index (κ3) is 2.55. The van der Waals surface area contributed by atoms with Crippen LogP contribution < -0.4 is 0 Å². The number of pyridine rings is 1. The minimum absolute atomic E-state index is 0.224. The van der Waals surface area contributed by atoms with Gasteiger partial charge in [0.15, 0.2) is 0 Å². The summed E-state index contributed by atoms with van der Waals surface area (Å²) < 4.78 is 0. The molecule has 2 aromatic rings. The molecule has 1 aliphatic rings. The second-order valence-corrected chi connectivity index (χ2v) is 4.80. The molecule has 0 fully saturated rings. The number of aromatic nitrogens is 1. The third-order valence-corrected chi connectivity index (χ3v) is 3.28. The number of benzene rings is 1. The summed E-state index contributed by atoms with van der Waals surface area (Å²) in [7, 11) is 0. The van der Waals surface area contributed by atoms with E-state index in [1.165, 1.54) is 0 Å². The molecule has 5 heteroatoms. The Morgan fingerprint density at radius 2 is 1.67 bits per heavy atom. The Morgan fingerprint density at radius 3 is 2.29 bits per heavy atom. The van der Waals surface area contributed by atoms with Gasteiger partial charge in [-0.2, -0.15) is 0 Å². The summed E-state index contributed by atoms with van der Waals surface area (Å²) in [6.45, 7) is 2.14. The van der Waals surface area contributed by atoms with Crippen molar-refractivity contribution in [1.29, 1.82) is 0 Å². The normalized spacial score (nSPS) is 13.7. The molecule has 0 N–H and O–H groups in total. The van der Waals surface area contributed by atoms with Crippen molar-refractivity contribution >= 4 is 11.8 Å². The van der Waals surface area contributed by atoms with Crippen LogP contribution in [0.25, 0.3) is 0 Å². The third-order valence-electron chi connectivity index (χ3n) is 3.28. The molecule has 2 heterocycles. The summed E-state index contributed by atoms with van der Waals surface area (Å²) >= 11 is 0. The first-order valence-electron chi connectivity index (χ1n) is 6.70. The maximum atomic E-state index is 12.1. The predicted molar refractivity (Wildman–Crippen MR) is 75.6 cm³/mol. The number of carbonyl (C=O) groups is 2. The number of imide groups is 1. The Hall–Kier alpha value is -2.53. The lowest BCUT2D eigenvalue weighted by atomic mass is 10.1. The highest BCUT2D eigenvalue weighted by Crippen LogP contribution is 2.22. The summed E-state index contributed by atoms with van der Waals surface area (Å²) in [4.78, 5) is 33.8. The van der Waals surface area contributed by atoms with E-state index in [0.29, 0.717) is 17.5 Å². The number of rotatable bonds is 4. The van der Waals surface area contributed by atoms with Crippen LogP contribution in [0.2, 0.25) is 0 Å². The summed E-state index contributed by atoms with van der Waals surface area (Å²) in [5.74, 6) is -0.819. The van der Waals surface area contributed by atoms with Crippen molar-refractivity contribution in [2.45, 2.75) is 13.3 Å². The average molecular weight is 282 g/mol. The van der Waals surface area contributed by atoms with Crippen LogP contribution in [0.1, 0.15) is 32.1 Å². The van der Waals surface area contributed by atoms with Gasteiger partial charge in [-0.05, 0) is 31.2 Å². The second kappa shape index (κ2) is 5.46. The van der Waals surface area contributed by atoms with Crippen molar-refractivity contribution in [2.75, 3.05) is 6.61 Å². The topological polar surface area (TPSA) is 59.5 Å². The lowest BCUT2D eigenvalue weighted by Gasteiger charge is -2.13. The van der Waals surface area contributed by atoms with E-state index in [0.717, 1.165) is 16.5 Å². The fraction of sp³-hybridized carbons (Fsp3) is 0.188. The number of hydrogen-bond acceptors (Lipinski definition) is 4. The van der Waals surface area contributed by atoms with Gasteiger partial charge in [0.2, 0.25) is 0 Å². The highest BCUT2D eigenvalue weighted by molar-refractivity contribution is 6.20. The fourth-order valence-corrected chi connectivity index (χ4v) is 2.26. The van der Waals surface area contributed by atoms with Gasteiger partial charge in [-0.25, -0.2) is 0 Å². The van der Waals surface area contributed by atoms with E-state index in [4.69, 9.17) is 4.84 Å². The molecule has 5 nitrogen and oxygen atoms in total. The molecule has 1 aromatic carbocycles. The van der Waals surface area contributed by atoms with Crippen LogP contribution in [-0.2, 0) is 11.3 Å². The number of hydrogen-bond donors (Lipinski definition) is 0. The molecule has 3 rings (SSSR count). The zero-order valence-corrected chi connectivity index (χ0v) is 11.6. The van der Waals surface area contributed by atoms with Gasteiger partial charge in [0.25, 0.3) is 11.8 Å². The van der Waals surface area contributed by atoms with Crippen LogP contribution in [0.15, 0.2) is 42.5 Å². The lowest BCUT2D eigenvalue weighted by molar-refractivity contribution is -0.0903. The van der Waals surface area contributed by atoms with Gasteiger partial charge in [0.1, 0.15) is 0 Å². The van der Waals surface area contributed by atoms with Crippen LogP contribution >= 0.6 is 0 Å². The van der Waals surface area contributed by atoms with E-state index in [1.54, 1.807) is 24.3 Å². The van der Waals surface area contributed by atoms with Gasteiger partial charge in [-0.3, -0.25) is 19.4 Å². The van der Waals surface area contributed by atoms with Crippen molar-refractivity contribution in [2.24, 2.45) is 0 Å². The Morgan fingerprint density at radius 1 is 1.00 bits per heavy atom. The summed E-state index contributed by atoms with van der Waals surface area (Å²) in [6, 6.07) is 12.4. The van der Waals surface area contributed by atoms with Crippen LogP contribution in [0, 0.1) is 6.92 Å². The SMILES string of the molecule is Cc1cccc(CCON2C(=O)c3ccccc3C2=O)n1. The largest absolute Gasteiger partial charge is 0.285 e. The molecule has 0 saturated heterocycles. The lowest BCUT2D eigenvalue weighted by Crippen LogP contribution is -2.30. The molecular weight excluding hydrogens is 268 g/mol. The second-order valence-electron chi connectivity index (χ2n) is 4.80. The summed E-state index contributed by atoms with van der Waals surface area (Å²) in [5, 5.41) is 0.834. The molecule has 0 spiro atoms. The Labute approximate surface area is 122 Å². The molecule has 21 heavy (non-hydrogen) atoms. The number of nitrogens with zero attached hydrogens (tertiary/aromatic N) is 2. The predicted octanol–water partition coefficient (Wildman–Crippen LogP) is 2.16. The Kier molecular flexibility index (Phi) is 3.50. The first-order valence-corrected chi connectivity index (χ1v) is 6.70. The van der Waals surface area contributed by atoms with Crippen molar-refractivity contribution < 1.29 is 14.4 Å². The number of amides is 2. The van der Waals surface area contributed by atoms with Crippen LogP contribution in [0.5, 0.6) is 0 Å². The van der Waals surface area contributed by atoms with E-state index in [1.807, 2.05) is 25.1 Å². The highest BCUT2D eigenvalue weighted by atomic mass is 16.7. The van der Waals surface area contributed by atoms with Gasteiger partial charge in [0, 0.05) is 17.8 Å².